The first-order valence-electron chi connectivity index (χ1n) is 10.6. The molecule has 1 fully saturated rings. The molecule has 1 N–H and O–H groups in total. The molecule has 5 heteroatoms. The zero-order valence-corrected chi connectivity index (χ0v) is 17.5. The van der Waals surface area contributed by atoms with Gasteiger partial charge in [0.2, 0.25) is 5.91 Å². The highest BCUT2D eigenvalue weighted by Gasteiger charge is 2.23. The summed E-state index contributed by atoms with van der Waals surface area (Å²) in [6, 6.07) is 22.3. The number of furan rings is 1. The van der Waals surface area contributed by atoms with Crippen LogP contribution in [0.3, 0.4) is 0 Å². The number of amides is 1. The summed E-state index contributed by atoms with van der Waals surface area (Å²) < 4.78 is 5.61. The van der Waals surface area contributed by atoms with E-state index in [9.17, 15) is 4.79 Å². The van der Waals surface area contributed by atoms with Gasteiger partial charge in [-0.3, -0.25) is 15.0 Å². The second kappa shape index (κ2) is 9.74. The lowest BCUT2D eigenvalue weighted by Gasteiger charge is -2.35. The molecule has 2 aromatic carbocycles. The average molecular weight is 404 g/mol. The van der Waals surface area contributed by atoms with E-state index in [0.29, 0.717) is 0 Å². The first-order valence-corrected chi connectivity index (χ1v) is 10.6. The number of nitrogens with one attached hydrogen (secondary N) is 1. The number of hydrogen-bond donors (Lipinski definition) is 1. The molecule has 2 heterocycles. The maximum absolute atomic E-state index is 12.8. The fourth-order valence-electron chi connectivity index (χ4n) is 3.97. The lowest BCUT2D eigenvalue weighted by Crippen LogP contribution is -2.50. The Morgan fingerprint density at radius 3 is 2.40 bits per heavy atom. The third kappa shape index (κ3) is 4.99. The van der Waals surface area contributed by atoms with E-state index in [4.69, 9.17) is 4.42 Å². The van der Waals surface area contributed by atoms with Crippen LogP contribution in [0.4, 0.5) is 0 Å². The van der Waals surface area contributed by atoms with Crippen molar-refractivity contribution in [3.63, 3.8) is 0 Å². The van der Waals surface area contributed by atoms with Crippen LogP contribution in [-0.2, 0) is 11.3 Å². The Hall–Kier alpha value is -2.89. The van der Waals surface area contributed by atoms with Crippen LogP contribution in [0.15, 0.2) is 77.4 Å². The van der Waals surface area contributed by atoms with Gasteiger partial charge in [-0.1, -0.05) is 54.6 Å². The summed E-state index contributed by atoms with van der Waals surface area (Å²) in [7, 11) is 0. The molecule has 1 saturated heterocycles. The van der Waals surface area contributed by atoms with Crippen molar-refractivity contribution in [2.45, 2.75) is 19.5 Å². The zero-order valence-electron chi connectivity index (χ0n) is 17.5. The molecule has 0 aliphatic carbocycles. The van der Waals surface area contributed by atoms with Gasteiger partial charge in [0.15, 0.2) is 0 Å². The second-order valence-electron chi connectivity index (χ2n) is 7.82. The van der Waals surface area contributed by atoms with Gasteiger partial charge in [-0.15, -0.1) is 0 Å². The van der Waals surface area contributed by atoms with E-state index in [1.165, 1.54) is 11.1 Å². The highest BCUT2D eigenvalue weighted by atomic mass is 16.3. The Balaban J connectivity index is 1.30. The molecule has 4 rings (SSSR count). The first kappa shape index (κ1) is 20.4. The summed E-state index contributed by atoms with van der Waals surface area (Å²) in [4.78, 5) is 17.2. The van der Waals surface area contributed by atoms with Gasteiger partial charge in [0.1, 0.15) is 5.76 Å². The number of carbonyl (C=O) groups is 1. The van der Waals surface area contributed by atoms with Crippen molar-refractivity contribution < 1.29 is 9.21 Å². The fraction of sp³-hybridized carbons (Fsp3) is 0.320. The Labute approximate surface area is 178 Å². The molecule has 1 aliphatic heterocycles. The van der Waals surface area contributed by atoms with E-state index in [1.807, 2.05) is 35.2 Å². The molecule has 30 heavy (non-hydrogen) atoms. The quantitative estimate of drug-likeness (QED) is 0.655. The number of carbonyl (C=O) groups excluding carboxylic acids is 1. The topological polar surface area (TPSA) is 48.7 Å². The van der Waals surface area contributed by atoms with Crippen LogP contribution in [-0.4, -0.2) is 48.4 Å². The fourth-order valence-corrected chi connectivity index (χ4v) is 3.97. The Morgan fingerprint density at radius 2 is 1.70 bits per heavy atom. The normalized spacial score (nSPS) is 15.8. The molecule has 3 aromatic rings. The van der Waals surface area contributed by atoms with E-state index in [0.717, 1.165) is 44.0 Å². The minimum Gasteiger partial charge on any atom is -0.467 e. The Bertz CT molecular complexity index is 932. The van der Waals surface area contributed by atoms with Crippen LogP contribution in [0.1, 0.15) is 28.5 Å². The molecule has 0 bridgehead atoms. The van der Waals surface area contributed by atoms with E-state index >= 15 is 0 Å². The lowest BCUT2D eigenvalue weighted by molar-refractivity contribution is -0.132. The van der Waals surface area contributed by atoms with Crippen molar-refractivity contribution >= 4 is 5.91 Å². The van der Waals surface area contributed by atoms with Crippen molar-refractivity contribution in [3.8, 4) is 0 Å². The number of rotatable bonds is 7. The zero-order chi connectivity index (χ0) is 20.8. The summed E-state index contributed by atoms with van der Waals surface area (Å²) in [6.45, 7) is 6.73. The average Bonchev–Trinajstić information content (AvgIpc) is 3.31. The molecular formula is C25H29N3O2. The standard InChI is InChI=1S/C25H29N3O2/c1-20-8-5-6-11-22(20)19-27-13-15-28(16-14-27)24(29)18-26-25(23-12-7-17-30-23)21-9-3-2-4-10-21/h2-12,17,25-26H,13-16,18-19H2,1H3/t25-/m0/s1. The maximum Gasteiger partial charge on any atom is 0.236 e. The predicted molar refractivity (Wildman–Crippen MR) is 118 cm³/mol. The minimum absolute atomic E-state index is 0.132. The summed E-state index contributed by atoms with van der Waals surface area (Å²) in [5.41, 5.74) is 3.77. The predicted octanol–water partition coefficient (Wildman–Crippen LogP) is 3.61. The van der Waals surface area contributed by atoms with Crippen LogP contribution in [0.2, 0.25) is 0 Å². The number of nitrogens with zero attached hydrogens (tertiary/aromatic N) is 2. The van der Waals surface area contributed by atoms with Gasteiger partial charge in [-0.2, -0.15) is 0 Å². The SMILES string of the molecule is Cc1ccccc1CN1CCN(C(=O)CN[C@@H](c2ccccc2)c2ccco2)CC1. The first-order chi connectivity index (χ1) is 14.7. The molecule has 5 nitrogen and oxygen atoms in total. The summed E-state index contributed by atoms with van der Waals surface area (Å²) in [6.07, 6.45) is 1.67. The van der Waals surface area contributed by atoms with Crippen LogP contribution in [0.25, 0.3) is 0 Å². The van der Waals surface area contributed by atoms with Crippen LogP contribution in [0.5, 0.6) is 0 Å². The monoisotopic (exact) mass is 403 g/mol. The maximum atomic E-state index is 12.8. The van der Waals surface area contributed by atoms with E-state index < -0.39 is 0 Å². The van der Waals surface area contributed by atoms with Crippen molar-refractivity contribution in [1.29, 1.82) is 0 Å². The van der Waals surface area contributed by atoms with Gasteiger partial charge >= 0.3 is 0 Å². The molecule has 1 atom stereocenters. The van der Waals surface area contributed by atoms with Crippen molar-refractivity contribution in [2.24, 2.45) is 0 Å². The second-order valence-corrected chi connectivity index (χ2v) is 7.82. The molecule has 1 amide bonds. The molecule has 0 unspecified atom stereocenters. The third-order valence-corrected chi connectivity index (χ3v) is 5.80. The van der Waals surface area contributed by atoms with Gasteiger partial charge in [-0.25, -0.2) is 0 Å². The van der Waals surface area contributed by atoms with E-state index in [-0.39, 0.29) is 18.5 Å². The van der Waals surface area contributed by atoms with Gasteiger partial charge in [-0.05, 0) is 35.7 Å². The minimum atomic E-state index is -0.132. The Kier molecular flexibility index (Phi) is 6.62. The van der Waals surface area contributed by atoms with E-state index in [1.54, 1.807) is 6.26 Å². The number of piperazine rings is 1. The van der Waals surface area contributed by atoms with Crippen molar-refractivity contribution in [3.05, 3.63) is 95.4 Å². The van der Waals surface area contributed by atoms with Crippen LogP contribution in [0, 0.1) is 6.92 Å². The smallest absolute Gasteiger partial charge is 0.236 e. The van der Waals surface area contributed by atoms with Gasteiger partial charge in [0, 0.05) is 32.7 Å². The van der Waals surface area contributed by atoms with Crippen LogP contribution < -0.4 is 5.32 Å². The van der Waals surface area contributed by atoms with E-state index in [2.05, 4.69) is 53.5 Å². The number of benzene rings is 2. The molecular weight excluding hydrogens is 374 g/mol. The van der Waals surface area contributed by atoms with Gasteiger partial charge in [0.25, 0.3) is 0 Å². The number of aryl methyl sites for hydroxylation is 1. The molecule has 1 aliphatic rings. The highest BCUT2D eigenvalue weighted by molar-refractivity contribution is 5.78. The lowest BCUT2D eigenvalue weighted by atomic mass is 10.0. The summed E-state index contributed by atoms with van der Waals surface area (Å²) >= 11 is 0. The van der Waals surface area contributed by atoms with Gasteiger partial charge in [0.05, 0.1) is 18.8 Å². The largest absolute Gasteiger partial charge is 0.467 e. The molecule has 156 valence electrons. The van der Waals surface area contributed by atoms with Crippen molar-refractivity contribution in [1.82, 2.24) is 15.1 Å². The van der Waals surface area contributed by atoms with Crippen molar-refractivity contribution in [2.75, 3.05) is 32.7 Å². The molecule has 1 aromatic heterocycles. The summed E-state index contributed by atoms with van der Waals surface area (Å²) in [5.74, 6) is 0.954. The number of hydrogen-bond acceptors (Lipinski definition) is 4. The molecule has 0 spiro atoms. The highest BCUT2D eigenvalue weighted by Crippen LogP contribution is 2.22. The van der Waals surface area contributed by atoms with Gasteiger partial charge < -0.3 is 9.32 Å². The summed E-state index contributed by atoms with van der Waals surface area (Å²) in [5, 5.41) is 3.40. The third-order valence-electron chi connectivity index (χ3n) is 5.80. The van der Waals surface area contributed by atoms with Crippen LogP contribution >= 0.6 is 0 Å². The molecule has 0 saturated carbocycles. The Morgan fingerprint density at radius 1 is 0.967 bits per heavy atom. The molecule has 0 radical (unpaired) electrons.